The molecule has 0 atom stereocenters. The highest BCUT2D eigenvalue weighted by atomic mass is 16.3. The van der Waals surface area contributed by atoms with E-state index in [0.717, 1.165) is 94.2 Å². The Balaban J connectivity index is 1.14. The van der Waals surface area contributed by atoms with Gasteiger partial charge in [-0.05, 0) is 36.4 Å². The van der Waals surface area contributed by atoms with Crippen LogP contribution in [0.15, 0.2) is 211 Å². The summed E-state index contributed by atoms with van der Waals surface area (Å²) in [6.07, 6.45) is 0. The molecule has 0 amide bonds. The highest BCUT2D eigenvalue weighted by Crippen LogP contribution is 2.45. The van der Waals surface area contributed by atoms with Crippen LogP contribution in [0.25, 0.3) is 117 Å². The van der Waals surface area contributed by atoms with Crippen molar-refractivity contribution in [1.82, 2.24) is 29.5 Å². The number of rotatable bonds is 7. The standard InChI is InChI=1S/C55H34N6O/c1-5-18-35(19-6-1)45-34-46(57-52(56-45)36-20-7-2-8-21-36)39-26-17-27-40(32-39)61-47-30-15-13-29-42(47)49-44(33-43-41-28-14-16-31-48(41)62-51(43)50(49)61)55-59-53(37-22-9-3-10-23-37)58-54(60-55)38-24-11-4-12-25-38/h1-34H. The lowest BCUT2D eigenvalue weighted by atomic mass is 10.0. The highest BCUT2D eigenvalue weighted by Gasteiger charge is 2.25. The van der Waals surface area contributed by atoms with Crippen molar-refractivity contribution < 1.29 is 4.42 Å². The van der Waals surface area contributed by atoms with E-state index in [0.29, 0.717) is 23.3 Å². The predicted molar refractivity (Wildman–Crippen MR) is 250 cm³/mol. The topological polar surface area (TPSA) is 82.5 Å². The second-order valence-corrected chi connectivity index (χ2v) is 15.3. The van der Waals surface area contributed by atoms with Crippen LogP contribution >= 0.6 is 0 Å². The van der Waals surface area contributed by atoms with E-state index in [2.05, 4.69) is 102 Å². The molecule has 0 fully saturated rings. The molecule has 0 aliphatic rings. The van der Waals surface area contributed by atoms with Gasteiger partial charge in [0, 0.05) is 60.6 Å². The monoisotopic (exact) mass is 794 g/mol. The molecule has 0 aliphatic carbocycles. The first-order valence-electron chi connectivity index (χ1n) is 20.6. The molecule has 8 aromatic carbocycles. The Labute approximate surface area is 356 Å². The third-order valence-electron chi connectivity index (χ3n) is 11.4. The largest absolute Gasteiger partial charge is 0.454 e. The molecule has 0 aliphatic heterocycles. The van der Waals surface area contributed by atoms with Gasteiger partial charge in [0.2, 0.25) is 0 Å². The SMILES string of the molecule is c1ccc(-c2cc(-c3cccc(-n4c5ccccc5c5c(-c6nc(-c7ccccc7)nc(-c7ccccc7)n6)cc6c7ccccc7oc6c54)c3)nc(-c3ccccc3)n2)cc1. The van der Waals surface area contributed by atoms with Crippen LogP contribution in [0, 0.1) is 0 Å². The lowest BCUT2D eigenvalue weighted by molar-refractivity contribution is 0.671. The van der Waals surface area contributed by atoms with Crippen molar-refractivity contribution in [2.45, 2.75) is 0 Å². The first kappa shape index (κ1) is 35.4. The zero-order chi connectivity index (χ0) is 41.0. The van der Waals surface area contributed by atoms with Gasteiger partial charge >= 0.3 is 0 Å². The van der Waals surface area contributed by atoms with Crippen molar-refractivity contribution in [2.75, 3.05) is 0 Å². The zero-order valence-corrected chi connectivity index (χ0v) is 33.2. The number of nitrogens with zero attached hydrogens (tertiary/aromatic N) is 6. The van der Waals surface area contributed by atoms with Crippen molar-refractivity contribution in [2.24, 2.45) is 0 Å². The molecule has 0 radical (unpaired) electrons. The minimum Gasteiger partial charge on any atom is -0.454 e. The van der Waals surface area contributed by atoms with Gasteiger partial charge in [0.05, 0.1) is 22.4 Å². The lowest BCUT2D eigenvalue weighted by Gasteiger charge is -2.13. The van der Waals surface area contributed by atoms with Crippen LogP contribution in [0.1, 0.15) is 0 Å². The summed E-state index contributed by atoms with van der Waals surface area (Å²) in [4.78, 5) is 25.8. The molecule has 12 aromatic rings. The number of fused-ring (bicyclic) bond motifs is 7. The van der Waals surface area contributed by atoms with E-state index in [-0.39, 0.29) is 0 Å². The predicted octanol–water partition coefficient (Wildman–Crippen LogP) is 13.7. The van der Waals surface area contributed by atoms with Gasteiger partial charge in [0.25, 0.3) is 0 Å². The fourth-order valence-electron chi connectivity index (χ4n) is 8.57. The number of aromatic nitrogens is 6. The number of furan rings is 1. The first-order chi connectivity index (χ1) is 30.7. The summed E-state index contributed by atoms with van der Waals surface area (Å²) >= 11 is 0. The second kappa shape index (κ2) is 14.6. The Hall–Kier alpha value is -8.55. The van der Waals surface area contributed by atoms with Crippen LogP contribution < -0.4 is 0 Å². The Morgan fingerprint density at radius 3 is 1.50 bits per heavy atom. The Morgan fingerprint density at radius 1 is 0.355 bits per heavy atom. The number of benzene rings is 8. The molecule has 12 rings (SSSR count). The average molecular weight is 795 g/mol. The van der Waals surface area contributed by atoms with E-state index in [1.807, 2.05) is 109 Å². The molecule has 0 unspecified atom stereocenters. The average Bonchev–Trinajstić information content (AvgIpc) is 3.91. The molecule has 7 nitrogen and oxygen atoms in total. The normalized spacial score (nSPS) is 11.5. The Bertz CT molecular complexity index is 3510. The molecule has 290 valence electrons. The number of hydrogen-bond donors (Lipinski definition) is 0. The van der Waals surface area contributed by atoms with Crippen LogP contribution in [0.4, 0.5) is 0 Å². The summed E-state index contributed by atoms with van der Waals surface area (Å²) in [6.45, 7) is 0. The molecule has 0 N–H and O–H groups in total. The van der Waals surface area contributed by atoms with Crippen molar-refractivity contribution in [3.8, 4) is 73.8 Å². The quantitative estimate of drug-likeness (QED) is 0.160. The van der Waals surface area contributed by atoms with Gasteiger partial charge in [-0.3, -0.25) is 0 Å². The van der Waals surface area contributed by atoms with E-state index >= 15 is 0 Å². The molecule has 62 heavy (non-hydrogen) atoms. The smallest absolute Gasteiger partial charge is 0.164 e. The summed E-state index contributed by atoms with van der Waals surface area (Å²) in [5.74, 6) is 2.45. The number of para-hydroxylation sites is 2. The maximum absolute atomic E-state index is 6.88. The lowest BCUT2D eigenvalue weighted by Crippen LogP contribution is -2.01. The van der Waals surface area contributed by atoms with Gasteiger partial charge in [-0.2, -0.15) is 0 Å². The summed E-state index contributed by atoms with van der Waals surface area (Å²) < 4.78 is 9.20. The molecule has 4 heterocycles. The molecule has 7 heteroatoms. The van der Waals surface area contributed by atoms with Crippen molar-refractivity contribution >= 4 is 43.7 Å². The van der Waals surface area contributed by atoms with Gasteiger partial charge in [-0.25, -0.2) is 24.9 Å². The molecular weight excluding hydrogens is 761 g/mol. The number of hydrogen-bond acceptors (Lipinski definition) is 6. The van der Waals surface area contributed by atoms with Gasteiger partial charge in [-0.15, -0.1) is 0 Å². The third kappa shape index (κ3) is 6.02. The van der Waals surface area contributed by atoms with Gasteiger partial charge in [0.1, 0.15) is 5.58 Å². The maximum Gasteiger partial charge on any atom is 0.164 e. The maximum atomic E-state index is 6.88. The Kier molecular flexibility index (Phi) is 8.35. The third-order valence-corrected chi connectivity index (χ3v) is 11.4. The van der Waals surface area contributed by atoms with Gasteiger partial charge in [0.15, 0.2) is 28.9 Å². The van der Waals surface area contributed by atoms with Crippen LogP contribution in [-0.2, 0) is 0 Å². The van der Waals surface area contributed by atoms with Crippen LogP contribution in [-0.4, -0.2) is 29.5 Å². The van der Waals surface area contributed by atoms with Crippen molar-refractivity contribution in [3.63, 3.8) is 0 Å². The van der Waals surface area contributed by atoms with Crippen molar-refractivity contribution in [3.05, 3.63) is 206 Å². The molecular formula is C55H34N6O. The molecule has 0 saturated carbocycles. The minimum atomic E-state index is 0.578. The van der Waals surface area contributed by atoms with Crippen molar-refractivity contribution in [1.29, 1.82) is 0 Å². The highest BCUT2D eigenvalue weighted by molar-refractivity contribution is 6.26. The van der Waals surface area contributed by atoms with E-state index in [9.17, 15) is 0 Å². The molecule has 0 saturated heterocycles. The van der Waals surface area contributed by atoms with E-state index in [1.165, 1.54) is 0 Å². The summed E-state index contributed by atoms with van der Waals surface area (Å²) in [5, 5.41) is 4.02. The zero-order valence-electron chi connectivity index (χ0n) is 33.2. The van der Waals surface area contributed by atoms with Crippen LogP contribution in [0.3, 0.4) is 0 Å². The molecule has 0 bridgehead atoms. The minimum absolute atomic E-state index is 0.578. The van der Waals surface area contributed by atoms with Crippen LogP contribution in [0.5, 0.6) is 0 Å². The summed E-state index contributed by atoms with van der Waals surface area (Å²) in [6, 6.07) is 70.2. The van der Waals surface area contributed by atoms with E-state index in [1.54, 1.807) is 0 Å². The molecule has 0 spiro atoms. The van der Waals surface area contributed by atoms with Gasteiger partial charge < -0.3 is 8.98 Å². The fraction of sp³-hybridized carbons (Fsp3) is 0. The fourth-order valence-corrected chi connectivity index (χ4v) is 8.57. The van der Waals surface area contributed by atoms with E-state index in [4.69, 9.17) is 29.3 Å². The van der Waals surface area contributed by atoms with Gasteiger partial charge in [-0.1, -0.05) is 170 Å². The Morgan fingerprint density at radius 2 is 0.855 bits per heavy atom. The van der Waals surface area contributed by atoms with Crippen LogP contribution in [0.2, 0.25) is 0 Å². The second-order valence-electron chi connectivity index (χ2n) is 15.3. The summed E-state index contributed by atoms with van der Waals surface area (Å²) in [7, 11) is 0. The molecule has 4 aromatic heterocycles. The summed E-state index contributed by atoms with van der Waals surface area (Å²) in [5.41, 5.74) is 11.8. The van der Waals surface area contributed by atoms with E-state index < -0.39 is 0 Å². The first-order valence-corrected chi connectivity index (χ1v) is 20.6.